The number of nitrogens with one attached hydrogen (secondary N) is 1. The van der Waals surface area contributed by atoms with Gasteiger partial charge in [0.15, 0.2) is 0 Å². The number of imidazole rings is 1. The highest BCUT2D eigenvalue weighted by Gasteiger charge is 2.01. The summed E-state index contributed by atoms with van der Waals surface area (Å²) in [5.74, 6) is 0. The molecular weight excluding hydrogens is 200 g/mol. The van der Waals surface area contributed by atoms with Gasteiger partial charge in [0.05, 0.1) is 12.2 Å². The molecule has 0 atom stereocenters. The molecule has 0 unspecified atom stereocenters. The summed E-state index contributed by atoms with van der Waals surface area (Å²) in [6.45, 7) is 6.97. The lowest BCUT2D eigenvalue weighted by Crippen LogP contribution is -2.09. The summed E-state index contributed by atoms with van der Waals surface area (Å²) >= 11 is 0. The third kappa shape index (κ3) is 2.23. The third-order valence-corrected chi connectivity index (χ3v) is 2.37. The van der Waals surface area contributed by atoms with Crippen LogP contribution in [0.2, 0.25) is 0 Å². The van der Waals surface area contributed by atoms with Crippen LogP contribution < -0.4 is 11.1 Å². The second-order valence-electron chi connectivity index (χ2n) is 3.87. The van der Waals surface area contributed by atoms with E-state index in [9.17, 15) is 0 Å². The molecule has 0 amide bonds. The van der Waals surface area contributed by atoms with Gasteiger partial charge < -0.3 is 15.5 Å². The Morgan fingerprint density at radius 3 is 3.00 bits per heavy atom. The monoisotopic (exact) mass is 216 g/mol. The Bertz CT molecular complexity index is 513. The van der Waals surface area contributed by atoms with Gasteiger partial charge in [-0.15, -0.1) is 0 Å². The van der Waals surface area contributed by atoms with Crippen molar-refractivity contribution in [2.75, 3.05) is 0 Å². The first-order chi connectivity index (χ1) is 7.69. The van der Waals surface area contributed by atoms with Crippen molar-refractivity contribution in [1.82, 2.24) is 14.7 Å². The molecular formula is C12H16N4. The zero-order valence-electron chi connectivity index (χ0n) is 9.40. The molecule has 0 aliphatic heterocycles. The molecule has 0 bridgehead atoms. The van der Waals surface area contributed by atoms with Crippen molar-refractivity contribution >= 4 is 5.65 Å². The summed E-state index contributed by atoms with van der Waals surface area (Å²) < 4.78 is 2.00. The maximum absolute atomic E-state index is 5.59. The Labute approximate surface area is 94.8 Å². The molecule has 3 N–H and O–H groups in total. The summed E-state index contributed by atoms with van der Waals surface area (Å²) in [5.41, 5.74) is 9.57. The molecule has 2 aromatic rings. The molecule has 84 valence electrons. The van der Waals surface area contributed by atoms with Crippen molar-refractivity contribution in [2.45, 2.75) is 20.0 Å². The van der Waals surface area contributed by atoms with Gasteiger partial charge in [-0.3, -0.25) is 0 Å². The first-order valence-corrected chi connectivity index (χ1v) is 5.25. The number of hydrogen-bond acceptors (Lipinski definition) is 3. The fourth-order valence-electron chi connectivity index (χ4n) is 1.54. The Balaban J connectivity index is 2.25. The standard InChI is InChI=1S/C12H16N4/c1-9(2)14-6-11-8-16-7-10(5-13)3-4-12(16)15-11/h3-4,7-8,14H,1,5-6,13H2,2H3. The predicted molar refractivity (Wildman–Crippen MR) is 64.7 cm³/mol. The minimum Gasteiger partial charge on any atom is -0.383 e. The molecule has 4 heteroatoms. The van der Waals surface area contributed by atoms with E-state index in [0.717, 1.165) is 22.6 Å². The molecule has 0 aliphatic rings. The van der Waals surface area contributed by atoms with E-state index in [1.165, 1.54) is 0 Å². The van der Waals surface area contributed by atoms with Crippen molar-refractivity contribution < 1.29 is 0 Å². The van der Waals surface area contributed by atoms with Crippen LogP contribution in [0.3, 0.4) is 0 Å². The van der Waals surface area contributed by atoms with Gasteiger partial charge in [-0.25, -0.2) is 4.98 Å². The summed E-state index contributed by atoms with van der Waals surface area (Å²) in [7, 11) is 0. The van der Waals surface area contributed by atoms with Crippen LogP contribution in [0.1, 0.15) is 18.2 Å². The Morgan fingerprint density at radius 1 is 1.50 bits per heavy atom. The molecule has 2 rings (SSSR count). The topological polar surface area (TPSA) is 55.3 Å². The number of nitrogens with zero attached hydrogens (tertiary/aromatic N) is 2. The van der Waals surface area contributed by atoms with Crippen LogP contribution in [0.25, 0.3) is 5.65 Å². The SMILES string of the molecule is C=C(C)NCc1cn2cc(CN)ccc2n1. The fourth-order valence-corrected chi connectivity index (χ4v) is 1.54. The Hall–Kier alpha value is -1.81. The maximum atomic E-state index is 5.59. The second kappa shape index (κ2) is 4.37. The van der Waals surface area contributed by atoms with Gasteiger partial charge in [0.2, 0.25) is 0 Å². The lowest BCUT2D eigenvalue weighted by Gasteiger charge is -2.00. The predicted octanol–water partition coefficient (Wildman–Crippen LogP) is 1.42. The van der Waals surface area contributed by atoms with E-state index in [1.807, 2.05) is 35.9 Å². The van der Waals surface area contributed by atoms with Crippen LogP contribution in [0.15, 0.2) is 36.8 Å². The highest BCUT2D eigenvalue weighted by molar-refractivity contribution is 5.41. The largest absolute Gasteiger partial charge is 0.383 e. The van der Waals surface area contributed by atoms with Gasteiger partial charge >= 0.3 is 0 Å². The number of aromatic nitrogens is 2. The molecule has 4 nitrogen and oxygen atoms in total. The molecule has 2 aromatic heterocycles. The number of fused-ring (bicyclic) bond motifs is 1. The summed E-state index contributed by atoms with van der Waals surface area (Å²) in [4.78, 5) is 4.48. The van der Waals surface area contributed by atoms with Crippen molar-refractivity contribution in [2.24, 2.45) is 5.73 Å². The molecule has 0 radical (unpaired) electrons. The van der Waals surface area contributed by atoms with Gasteiger partial charge in [-0.2, -0.15) is 0 Å². The van der Waals surface area contributed by atoms with Crippen molar-refractivity contribution in [3.05, 3.63) is 48.1 Å². The van der Waals surface area contributed by atoms with Gasteiger partial charge in [0, 0.05) is 24.6 Å². The number of pyridine rings is 1. The molecule has 0 spiro atoms. The smallest absolute Gasteiger partial charge is 0.137 e. The quantitative estimate of drug-likeness (QED) is 0.812. The normalized spacial score (nSPS) is 10.6. The van der Waals surface area contributed by atoms with Crippen LogP contribution in [0, 0.1) is 0 Å². The number of allylic oxidation sites excluding steroid dienone is 1. The molecule has 0 saturated heterocycles. The minimum atomic E-state index is 0.549. The van der Waals surface area contributed by atoms with E-state index >= 15 is 0 Å². The molecule has 16 heavy (non-hydrogen) atoms. The van der Waals surface area contributed by atoms with E-state index in [1.54, 1.807) is 0 Å². The van der Waals surface area contributed by atoms with E-state index in [2.05, 4.69) is 16.9 Å². The zero-order valence-corrected chi connectivity index (χ0v) is 9.40. The van der Waals surface area contributed by atoms with E-state index in [4.69, 9.17) is 5.73 Å². The van der Waals surface area contributed by atoms with Gasteiger partial charge in [0.1, 0.15) is 5.65 Å². The average Bonchev–Trinajstić information content (AvgIpc) is 2.67. The molecule has 0 fully saturated rings. The van der Waals surface area contributed by atoms with E-state index in [-0.39, 0.29) is 0 Å². The molecule has 0 aromatic carbocycles. The average molecular weight is 216 g/mol. The van der Waals surface area contributed by atoms with Gasteiger partial charge in [-0.05, 0) is 18.6 Å². The lowest BCUT2D eigenvalue weighted by atomic mass is 10.3. The van der Waals surface area contributed by atoms with Crippen LogP contribution in [0.5, 0.6) is 0 Å². The first kappa shape index (κ1) is 10.7. The highest BCUT2D eigenvalue weighted by atomic mass is 15.0. The molecule has 0 aliphatic carbocycles. The van der Waals surface area contributed by atoms with Gasteiger partial charge in [-0.1, -0.05) is 12.6 Å². The van der Waals surface area contributed by atoms with E-state index < -0.39 is 0 Å². The second-order valence-corrected chi connectivity index (χ2v) is 3.87. The van der Waals surface area contributed by atoms with Crippen molar-refractivity contribution in [1.29, 1.82) is 0 Å². The molecule has 2 heterocycles. The van der Waals surface area contributed by atoms with Crippen LogP contribution in [0.4, 0.5) is 0 Å². The first-order valence-electron chi connectivity index (χ1n) is 5.25. The van der Waals surface area contributed by atoms with Crippen molar-refractivity contribution in [3.63, 3.8) is 0 Å². The summed E-state index contributed by atoms with van der Waals surface area (Å²) in [6.07, 6.45) is 4.01. The lowest BCUT2D eigenvalue weighted by molar-refractivity contribution is 0.797. The summed E-state index contributed by atoms with van der Waals surface area (Å²) in [5, 5.41) is 3.16. The fraction of sp³-hybridized carbons (Fsp3) is 0.250. The van der Waals surface area contributed by atoms with Crippen molar-refractivity contribution in [3.8, 4) is 0 Å². The van der Waals surface area contributed by atoms with E-state index in [0.29, 0.717) is 13.1 Å². The molecule has 0 saturated carbocycles. The highest BCUT2D eigenvalue weighted by Crippen LogP contribution is 2.07. The summed E-state index contributed by atoms with van der Waals surface area (Å²) in [6, 6.07) is 3.98. The maximum Gasteiger partial charge on any atom is 0.137 e. The Morgan fingerprint density at radius 2 is 2.31 bits per heavy atom. The van der Waals surface area contributed by atoms with Gasteiger partial charge in [0.25, 0.3) is 0 Å². The third-order valence-electron chi connectivity index (χ3n) is 2.37. The zero-order chi connectivity index (χ0) is 11.5. The Kier molecular flexibility index (Phi) is 2.92. The van der Waals surface area contributed by atoms with Crippen LogP contribution in [-0.2, 0) is 13.1 Å². The number of nitrogens with two attached hydrogens (primary N) is 1. The van der Waals surface area contributed by atoms with Crippen LogP contribution >= 0.6 is 0 Å². The minimum absolute atomic E-state index is 0.549. The van der Waals surface area contributed by atoms with Crippen LogP contribution in [-0.4, -0.2) is 9.38 Å². The number of hydrogen-bond donors (Lipinski definition) is 2. The number of rotatable bonds is 4.